The second-order valence-electron chi connectivity index (χ2n) is 12.0. The second kappa shape index (κ2) is 8.33. The molecule has 4 aliphatic carbocycles. The van der Waals surface area contributed by atoms with Gasteiger partial charge in [0.15, 0.2) is 0 Å². The van der Waals surface area contributed by atoms with Crippen LogP contribution in [0.5, 0.6) is 0 Å². The van der Waals surface area contributed by atoms with Gasteiger partial charge in [0.25, 0.3) is 5.91 Å². The normalized spacial score (nSPS) is 35.1. The fourth-order valence-corrected chi connectivity index (χ4v) is 7.10. The molecular formula is C25H42N2O4. The SMILES string of the molecule is COC(C)(C(=O)OC(C)(C)C)C(=O)N1CCN(CCC23CC4CC(CC(C4)C2)C3)CC1. The molecule has 4 bridgehead atoms. The summed E-state index contributed by atoms with van der Waals surface area (Å²) in [6.07, 6.45) is 10.2. The van der Waals surface area contributed by atoms with E-state index in [-0.39, 0.29) is 5.91 Å². The first kappa shape index (κ1) is 23.0. The summed E-state index contributed by atoms with van der Waals surface area (Å²) < 4.78 is 10.9. The smallest absolute Gasteiger partial charge is 0.348 e. The zero-order chi connectivity index (χ0) is 22.4. The zero-order valence-electron chi connectivity index (χ0n) is 20.2. The van der Waals surface area contributed by atoms with Crippen molar-refractivity contribution < 1.29 is 19.1 Å². The summed E-state index contributed by atoms with van der Waals surface area (Å²) in [5.74, 6) is 2.10. The predicted octanol–water partition coefficient (Wildman–Crippen LogP) is 3.48. The maximum atomic E-state index is 13.2. The van der Waals surface area contributed by atoms with Crippen LogP contribution < -0.4 is 0 Å². The van der Waals surface area contributed by atoms with Crippen LogP contribution in [0.25, 0.3) is 0 Å². The van der Waals surface area contributed by atoms with E-state index in [1.165, 1.54) is 59.0 Å². The first-order chi connectivity index (χ1) is 14.5. The molecule has 1 unspecified atom stereocenters. The fourth-order valence-electron chi connectivity index (χ4n) is 7.10. The van der Waals surface area contributed by atoms with Crippen molar-refractivity contribution in [3.05, 3.63) is 0 Å². The van der Waals surface area contributed by atoms with E-state index in [9.17, 15) is 9.59 Å². The van der Waals surface area contributed by atoms with Crippen molar-refractivity contribution in [1.29, 1.82) is 0 Å². The highest BCUT2D eigenvalue weighted by atomic mass is 16.6. The molecule has 4 saturated carbocycles. The van der Waals surface area contributed by atoms with Gasteiger partial charge in [-0.15, -0.1) is 0 Å². The first-order valence-corrected chi connectivity index (χ1v) is 12.3. The van der Waals surface area contributed by atoms with Crippen molar-refractivity contribution in [3.63, 3.8) is 0 Å². The lowest BCUT2D eigenvalue weighted by molar-refractivity contribution is -0.186. The highest BCUT2D eigenvalue weighted by Crippen LogP contribution is 2.61. The zero-order valence-corrected chi connectivity index (χ0v) is 20.2. The minimum absolute atomic E-state index is 0.287. The molecule has 0 spiro atoms. The average molecular weight is 435 g/mol. The van der Waals surface area contributed by atoms with Crippen molar-refractivity contribution in [3.8, 4) is 0 Å². The molecular weight excluding hydrogens is 392 g/mol. The van der Waals surface area contributed by atoms with Crippen LogP contribution in [0.15, 0.2) is 0 Å². The molecule has 5 rings (SSSR count). The second-order valence-corrected chi connectivity index (χ2v) is 12.0. The summed E-state index contributed by atoms with van der Waals surface area (Å²) in [5, 5.41) is 0. The van der Waals surface area contributed by atoms with E-state index >= 15 is 0 Å². The monoisotopic (exact) mass is 434 g/mol. The van der Waals surface area contributed by atoms with Gasteiger partial charge in [-0.1, -0.05) is 0 Å². The lowest BCUT2D eigenvalue weighted by atomic mass is 9.49. The van der Waals surface area contributed by atoms with E-state index in [0.29, 0.717) is 18.5 Å². The molecule has 6 nitrogen and oxygen atoms in total. The van der Waals surface area contributed by atoms with Crippen molar-refractivity contribution in [2.24, 2.45) is 23.2 Å². The standard InChI is InChI=1S/C25H42N2O4/c1-23(2,3)31-22(29)24(4,30-5)21(28)27-10-8-26(9-11-27)7-6-25-15-18-12-19(16-25)14-20(13-18)17-25/h18-20H,6-17H2,1-5H3. The topological polar surface area (TPSA) is 59.1 Å². The van der Waals surface area contributed by atoms with Gasteiger partial charge in [0, 0.05) is 33.3 Å². The lowest BCUT2D eigenvalue weighted by Gasteiger charge is -2.57. The number of piperazine rings is 1. The van der Waals surface area contributed by atoms with Gasteiger partial charge in [-0.05, 0) is 102 Å². The Hall–Kier alpha value is -1.14. The number of carbonyl (C=O) groups is 2. The Balaban J connectivity index is 1.28. The van der Waals surface area contributed by atoms with Crippen LogP contribution in [-0.2, 0) is 19.1 Å². The molecule has 1 aliphatic heterocycles. The maximum Gasteiger partial charge on any atom is 0.348 e. The number of ether oxygens (including phenoxy) is 2. The van der Waals surface area contributed by atoms with Gasteiger partial charge in [0.2, 0.25) is 5.60 Å². The molecule has 0 N–H and O–H groups in total. The van der Waals surface area contributed by atoms with E-state index in [1.54, 1.807) is 25.7 Å². The van der Waals surface area contributed by atoms with Crippen LogP contribution in [0.2, 0.25) is 0 Å². The lowest BCUT2D eigenvalue weighted by Crippen LogP contribution is -2.59. The largest absolute Gasteiger partial charge is 0.457 e. The van der Waals surface area contributed by atoms with Crippen LogP contribution >= 0.6 is 0 Å². The number of hydrogen-bond donors (Lipinski definition) is 0. The number of carbonyl (C=O) groups excluding carboxylic acids is 2. The van der Waals surface area contributed by atoms with Gasteiger partial charge in [0.1, 0.15) is 5.60 Å². The van der Waals surface area contributed by atoms with E-state index in [0.717, 1.165) is 37.4 Å². The summed E-state index contributed by atoms with van der Waals surface area (Å²) in [7, 11) is 1.41. The molecule has 176 valence electrons. The van der Waals surface area contributed by atoms with E-state index < -0.39 is 17.2 Å². The van der Waals surface area contributed by atoms with Crippen molar-refractivity contribution in [2.75, 3.05) is 39.8 Å². The van der Waals surface area contributed by atoms with E-state index in [1.807, 2.05) is 0 Å². The molecule has 1 amide bonds. The van der Waals surface area contributed by atoms with Crippen molar-refractivity contribution >= 4 is 11.9 Å². The Bertz CT molecular complexity index is 657. The predicted molar refractivity (Wildman–Crippen MR) is 120 cm³/mol. The van der Waals surface area contributed by atoms with Gasteiger partial charge in [0.05, 0.1) is 0 Å². The summed E-state index contributed by atoms with van der Waals surface area (Å²) in [6.45, 7) is 11.1. The number of rotatable bonds is 6. The Kier molecular flexibility index (Phi) is 6.19. The van der Waals surface area contributed by atoms with Gasteiger partial charge in [-0.3, -0.25) is 9.69 Å². The Labute approximate surface area is 188 Å². The van der Waals surface area contributed by atoms with Gasteiger partial charge < -0.3 is 14.4 Å². The number of nitrogens with zero attached hydrogens (tertiary/aromatic N) is 2. The number of esters is 1. The van der Waals surface area contributed by atoms with Crippen LogP contribution in [0.1, 0.15) is 72.6 Å². The van der Waals surface area contributed by atoms with Crippen LogP contribution in [0, 0.1) is 23.2 Å². The molecule has 31 heavy (non-hydrogen) atoms. The van der Waals surface area contributed by atoms with Crippen molar-refractivity contribution in [2.45, 2.75) is 83.8 Å². The van der Waals surface area contributed by atoms with E-state index in [2.05, 4.69) is 4.90 Å². The molecule has 6 heteroatoms. The molecule has 5 aliphatic rings. The molecule has 0 aromatic rings. The summed E-state index contributed by atoms with van der Waals surface area (Å²) >= 11 is 0. The Morgan fingerprint density at radius 1 is 0.903 bits per heavy atom. The maximum absolute atomic E-state index is 13.2. The molecule has 1 heterocycles. The van der Waals surface area contributed by atoms with Gasteiger partial charge >= 0.3 is 5.97 Å². The Morgan fingerprint density at radius 3 is 1.87 bits per heavy atom. The third-order valence-electron chi connectivity index (χ3n) is 8.39. The molecule has 5 fully saturated rings. The molecule has 1 saturated heterocycles. The minimum Gasteiger partial charge on any atom is -0.457 e. The van der Waals surface area contributed by atoms with E-state index in [4.69, 9.17) is 9.47 Å². The summed E-state index contributed by atoms with van der Waals surface area (Å²) in [5.41, 5.74) is -1.64. The fraction of sp³-hybridized carbons (Fsp3) is 0.920. The molecule has 0 aromatic heterocycles. The molecule has 0 aromatic carbocycles. The van der Waals surface area contributed by atoms with Crippen LogP contribution in [-0.4, -0.2) is 72.7 Å². The van der Waals surface area contributed by atoms with Gasteiger partial charge in [-0.25, -0.2) is 4.79 Å². The first-order valence-electron chi connectivity index (χ1n) is 12.3. The average Bonchev–Trinajstić information content (AvgIpc) is 2.69. The highest BCUT2D eigenvalue weighted by molar-refractivity contribution is 6.05. The number of methoxy groups -OCH3 is 1. The third-order valence-corrected chi connectivity index (χ3v) is 8.39. The third kappa shape index (κ3) is 4.80. The summed E-state index contributed by atoms with van der Waals surface area (Å²) in [6, 6.07) is 0. The van der Waals surface area contributed by atoms with Crippen LogP contribution in [0.4, 0.5) is 0 Å². The quantitative estimate of drug-likeness (QED) is 0.473. The van der Waals surface area contributed by atoms with Gasteiger partial charge in [-0.2, -0.15) is 0 Å². The minimum atomic E-state index is -1.59. The molecule has 1 atom stereocenters. The van der Waals surface area contributed by atoms with Crippen molar-refractivity contribution in [1.82, 2.24) is 9.80 Å². The van der Waals surface area contributed by atoms with Crippen LogP contribution in [0.3, 0.4) is 0 Å². The number of amides is 1. The Morgan fingerprint density at radius 2 is 1.42 bits per heavy atom. The highest BCUT2D eigenvalue weighted by Gasteiger charge is 2.51. The summed E-state index contributed by atoms with van der Waals surface area (Å²) in [4.78, 5) is 30.1. The molecule has 0 radical (unpaired) electrons. The number of hydrogen-bond acceptors (Lipinski definition) is 5.